The van der Waals surface area contributed by atoms with Crippen LogP contribution in [0.5, 0.6) is 0 Å². The molecule has 2 heterocycles. The minimum absolute atomic E-state index is 0.0464. The Hall–Kier alpha value is -3.71. The number of amides is 2. The fourth-order valence-corrected chi connectivity index (χ4v) is 4.78. The van der Waals surface area contributed by atoms with Crippen LogP contribution in [-0.2, 0) is 17.9 Å². The number of benzene rings is 2. The monoisotopic (exact) mass is 598 g/mol. The van der Waals surface area contributed by atoms with Gasteiger partial charge in [0.05, 0.1) is 29.7 Å². The van der Waals surface area contributed by atoms with Crippen LogP contribution in [0.4, 0.5) is 33.3 Å². The summed E-state index contributed by atoms with van der Waals surface area (Å²) in [5.41, 5.74) is 0.113. The van der Waals surface area contributed by atoms with Gasteiger partial charge in [0.25, 0.3) is 5.91 Å². The maximum absolute atomic E-state index is 14.9. The van der Waals surface area contributed by atoms with Crippen molar-refractivity contribution in [3.05, 3.63) is 76.8 Å². The van der Waals surface area contributed by atoms with Gasteiger partial charge in [-0.15, -0.1) is 0 Å². The first-order chi connectivity index (χ1) is 19.4. The van der Waals surface area contributed by atoms with Gasteiger partial charge in [0.1, 0.15) is 6.54 Å². The second-order valence-electron chi connectivity index (χ2n) is 9.74. The summed E-state index contributed by atoms with van der Waals surface area (Å²) in [6.45, 7) is 2.48. The molecule has 0 radical (unpaired) electrons. The maximum atomic E-state index is 14.9. The fraction of sp³-hybridized carbons (Fsp3) is 0.370. The van der Waals surface area contributed by atoms with E-state index in [1.807, 2.05) is 11.8 Å². The summed E-state index contributed by atoms with van der Waals surface area (Å²) < 4.78 is 69.2. The molecule has 41 heavy (non-hydrogen) atoms. The first-order valence-electron chi connectivity index (χ1n) is 12.8. The number of imidazole rings is 1. The molecule has 0 saturated carbocycles. The molecule has 0 spiro atoms. The van der Waals surface area contributed by atoms with Crippen LogP contribution >= 0.6 is 11.6 Å². The average molecular weight is 599 g/mol. The molecule has 0 unspecified atom stereocenters. The topological polar surface area (TPSA) is 82.5 Å². The molecule has 8 nitrogen and oxygen atoms in total. The third-order valence-electron chi connectivity index (χ3n) is 6.71. The van der Waals surface area contributed by atoms with E-state index in [0.717, 1.165) is 6.07 Å². The minimum Gasteiger partial charge on any atom is -0.365 e. The Balaban J connectivity index is 1.43. The zero-order valence-corrected chi connectivity index (χ0v) is 22.8. The van der Waals surface area contributed by atoms with Crippen molar-refractivity contribution in [1.29, 1.82) is 0 Å². The summed E-state index contributed by atoms with van der Waals surface area (Å²) in [6, 6.07) is 6.78. The third kappa shape index (κ3) is 7.94. The lowest BCUT2D eigenvalue weighted by atomic mass is 10.1. The number of aromatic nitrogens is 2. The van der Waals surface area contributed by atoms with Gasteiger partial charge in [-0.25, -0.2) is 13.8 Å². The van der Waals surface area contributed by atoms with Crippen LogP contribution in [0.2, 0.25) is 5.02 Å². The van der Waals surface area contributed by atoms with E-state index in [4.69, 9.17) is 11.6 Å². The number of alkyl halides is 3. The number of hydrogen-bond donors (Lipinski definition) is 2. The van der Waals surface area contributed by atoms with Gasteiger partial charge in [-0.2, -0.15) is 13.2 Å². The van der Waals surface area contributed by atoms with Gasteiger partial charge in [0, 0.05) is 61.7 Å². The third-order valence-corrected chi connectivity index (χ3v) is 6.94. The molecule has 1 aliphatic rings. The Morgan fingerprint density at radius 1 is 1.12 bits per heavy atom. The Bertz CT molecular complexity index is 1390. The van der Waals surface area contributed by atoms with Crippen LogP contribution in [-0.4, -0.2) is 64.7 Å². The molecule has 14 heteroatoms. The van der Waals surface area contributed by atoms with Crippen molar-refractivity contribution >= 4 is 34.8 Å². The van der Waals surface area contributed by atoms with Crippen molar-refractivity contribution in [3.63, 3.8) is 0 Å². The van der Waals surface area contributed by atoms with E-state index in [1.54, 1.807) is 17.2 Å². The highest BCUT2D eigenvalue weighted by Crippen LogP contribution is 2.33. The average Bonchev–Trinajstić information content (AvgIpc) is 3.42. The van der Waals surface area contributed by atoms with Gasteiger partial charge < -0.3 is 20.1 Å². The Kier molecular flexibility index (Phi) is 9.49. The highest BCUT2D eigenvalue weighted by Gasteiger charge is 2.31. The highest BCUT2D eigenvalue weighted by atomic mass is 35.5. The van der Waals surface area contributed by atoms with E-state index in [2.05, 4.69) is 15.6 Å². The lowest BCUT2D eigenvalue weighted by Crippen LogP contribution is -2.52. The quantitative estimate of drug-likeness (QED) is 0.344. The van der Waals surface area contributed by atoms with Crippen LogP contribution in [0.1, 0.15) is 29.3 Å². The largest absolute Gasteiger partial charge is 0.390 e. The molecule has 3 aromatic rings. The zero-order valence-electron chi connectivity index (χ0n) is 22.0. The Labute approximate surface area is 238 Å². The molecule has 2 amide bonds. The van der Waals surface area contributed by atoms with Crippen LogP contribution in [0.3, 0.4) is 0 Å². The standard InChI is InChI=1S/C27H28ClF5N6O2/c1-17-14-37(8-6-27(31,32)33)10-11-39(17)22-12-19(28)3-5-21(22)36-26(41)20-4-2-18(24(29)25(20)30)13-35-23(40)15-38-9-7-34-16-38/h2-5,7,9,12,16-17H,6,8,10-11,13-15H2,1H3,(H,35,40)(H,36,41)/t17-/m1/s1. The summed E-state index contributed by atoms with van der Waals surface area (Å²) in [4.78, 5) is 32.5. The number of anilines is 2. The molecule has 1 saturated heterocycles. The Morgan fingerprint density at radius 3 is 2.59 bits per heavy atom. The molecule has 4 rings (SSSR count). The predicted octanol–water partition coefficient (Wildman–Crippen LogP) is 4.85. The molecular formula is C27H28ClF5N6O2. The molecule has 1 aromatic heterocycles. The van der Waals surface area contributed by atoms with Crippen molar-refractivity contribution in [2.45, 2.75) is 38.7 Å². The van der Waals surface area contributed by atoms with Crippen LogP contribution < -0.4 is 15.5 Å². The molecule has 1 aliphatic heterocycles. The van der Waals surface area contributed by atoms with E-state index in [0.29, 0.717) is 30.3 Å². The smallest absolute Gasteiger partial charge is 0.365 e. The number of nitrogens with one attached hydrogen (secondary N) is 2. The lowest BCUT2D eigenvalue weighted by Gasteiger charge is -2.42. The zero-order chi connectivity index (χ0) is 29.7. The first kappa shape index (κ1) is 30.3. The molecule has 2 aromatic carbocycles. The van der Waals surface area contributed by atoms with Crippen molar-refractivity contribution in [3.8, 4) is 0 Å². The van der Waals surface area contributed by atoms with Crippen LogP contribution in [0.15, 0.2) is 49.1 Å². The summed E-state index contributed by atoms with van der Waals surface area (Å²) in [7, 11) is 0. The summed E-state index contributed by atoms with van der Waals surface area (Å²) in [6.07, 6.45) is -0.622. The van der Waals surface area contributed by atoms with E-state index >= 15 is 0 Å². The number of piperazine rings is 1. The van der Waals surface area contributed by atoms with E-state index in [9.17, 15) is 31.5 Å². The van der Waals surface area contributed by atoms with E-state index in [-0.39, 0.29) is 36.9 Å². The number of nitrogens with zero attached hydrogens (tertiary/aromatic N) is 4. The second-order valence-corrected chi connectivity index (χ2v) is 10.2. The van der Waals surface area contributed by atoms with Gasteiger partial charge in [-0.1, -0.05) is 17.7 Å². The van der Waals surface area contributed by atoms with Gasteiger partial charge in [-0.3, -0.25) is 14.5 Å². The molecule has 2 N–H and O–H groups in total. The second kappa shape index (κ2) is 12.9. The van der Waals surface area contributed by atoms with Crippen LogP contribution in [0.25, 0.3) is 0 Å². The van der Waals surface area contributed by atoms with Gasteiger partial charge in [0.15, 0.2) is 11.6 Å². The highest BCUT2D eigenvalue weighted by molar-refractivity contribution is 6.31. The first-order valence-corrected chi connectivity index (χ1v) is 13.1. The maximum Gasteiger partial charge on any atom is 0.390 e. The summed E-state index contributed by atoms with van der Waals surface area (Å²) in [5.74, 6) is -3.97. The van der Waals surface area contributed by atoms with Crippen molar-refractivity contribution < 1.29 is 31.5 Å². The summed E-state index contributed by atoms with van der Waals surface area (Å²) in [5, 5.41) is 5.46. The molecule has 1 fully saturated rings. The Morgan fingerprint density at radius 2 is 1.90 bits per heavy atom. The lowest BCUT2D eigenvalue weighted by molar-refractivity contribution is -0.138. The van der Waals surface area contributed by atoms with Crippen molar-refractivity contribution in [2.24, 2.45) is 0 Å². The number of rotatable bonds is 9. The molecule has 0 bridgehead atoms. The van der Waals surface area contributed by atoms with Gasteiger partial charge in [-0.05, 0) is 31.2 Å². The normalized spacial score (nSPS) is 16.1. The van der Waals surface area contributed by atoms with Gasteiger partial charge >= 0.3 is 6.18 Å². The number of halogens is 6. The number of hydrogen-bond acceptors (Lipinski definition) is 5. The van der Waals surface area contributed by atoms with Gasteiger partial charge in [0.2, 0.25) is 5.91 Å². The van der Waals surface area contributed by atoms with Crippen LogP contribution in [0, 0.1) is 11.6 Å². The number of carbonyl (C=O) groups excluding carboxylic acids is 2. The molecule has 220 valence electrons. The fourth-order valence-electron chi connectivity index (χ4n) is 4.61. The van der Waals surface area contributed by atoms with Crippen molar-refractivity contribution in [1.82, 2.24) is 19.8 Å². The number of carbonyl (C=O) groups is 2. The van der Waals surface area contributed by atoms with Crippen molar-refractivity contribution in [2.75, 3.05) is 36.4 Å². The van der Waals surface area contributed by atoms with E-state index < -0.39 is 41.6 Å². The molecule has 0 aliphatic carbocycles. The van der Waals surface area contributed by atoms with E-state index in [1.165, 1.54) is 35.3 Å². The minimum atomic E-state index is -4.24. The molecule has 1 atom stereocenters. The molecular weight excluding hydrogens is 571 g/mol. The predicted molar refractivity (Wildman–Crippen MR) is 144 cm³/mol. The SMILES string of the molecule is C[C@@H]1CN(CCC(F)(F)F)CCN1c1cc(Cl)ccc1NC(=O)c1ccc(CNC(=O)Cn2ccnc2)c(F)c1F. The summed E-state index contributed by atoms with van der Waals surface area (Å²) >= 11 is 6.20.